The maximum Gasteiger partial charge on any atom is 0.254 e. The van der Waals surface area contributed by atoms with E-state index in [0.717, 1.165) is 35.1 Å². The number of nitrogens with one attached hydrogen (secondary N) is 1. The molecule has 1 N–H and O–H groups in total. The summed E-state index contributed by atoms with van der Waals surface area (Å²) in [5, 5.41) is 3.28. The lowest BCUT2D eigenvalue weighted by Gasteiger charge is -2.24. The number of benzene rings is 1. The van der Waals surface area contributed by atoms with E-state index >= 15 is 0 Å². The largest absolute Gasteiger partial charge is 0.337 e. The molecule has 0 spiro atoms. The standard InChI is InChI=1S/C13H17BrN2O/c1-9-11(4-3-5-12(9)14)13(17)16(2)10-6-7-15-8-10/h3-5,10,15H,6-8H2,1-2H3. The van der Waals surface area contributed by atoms with E-state index in [2.05, 4.69) is 21.2 Å². The van der Waals surface area contributed by atoms with Gasteiger partial charge in [0.25, 0.3) is 5.91 Å². The van der Waals surface area contributed by atoms with E-state index in [9.17, 15) is 4.79 Å². The van der Waals surface area contributed by atoms with Gasteiger partial charge >= 0.3 is 0 Å². The summed E-state index contributed by atoms with van der Waals surface area (Å²) in [4.78, 5) is 14.2. The molecule has 0 bridgehead atoms. The second kappa shape index (κ2) is 5.19. The summed E-state index contributed by atoms with van der Waals surface area (Å²) in [6.45, 7) is 3.87. The molecule has 0 aromatic heterocycles. The van der Waals surface area contributed by atoms with Crippen molar-refractivity contribution in [1.29, 1.82) is 0 Å². The van der Waals surface area contributed by atoms with Crippen molar-refractivity contribution in [1.82, 2.24) is 10.2 Å². The first-order valence-corrected chi connectivity index (χ1v) is 6.63. The minimum atomic E-state index is 0.109. The van der Waals surface area contributed by atoms with Crippen LogP contribution in [0, 0.1) is 6.92 Å². The molecule has 17 heavy (non-hydrogen) atoms. The molecule has 0 saturated carbocycles. The van der Waals surface area contributed by atoms with Crippen LogP contribution in [0.25, 0.3) is 0 Å². The third-order valence-electron chi connectivity index (χ3n) is 3.40. The zero-order valence-electron chi connectivity index (χ0n) is 10.2. The lowest BCUT2D eigenvalue weighted by atomic mass is 10.1. The van der Waals surface area contributed by atoms with Crippen LogP contribution >= 0.6 is 15.9 Å². The number of carbonyl (C=O) groups excluding carboxylic acids is 1. The molecular weight excluding hydrogens is 280 g/mol. The van der Waals surface area contributed by atoms with Crippen molar-refractivity contribution in [2.45, 2.75) is 19.4 Å². The van der Waals surface area contributed by atoms with Gasteiger partial charge in [-0.05, 0) is 37.6 Å². The number of hydrogen-bond donors (Lipinski definition) is 1. The Kier molecular flexibility index (Phi) is 3.84. The Morgan fingerprint density at radius 3 is 2.94 bits per heavy atom. The van der Waals surface area contributed by atoms with E-state index < -0.39 is 0 Å². The van der Waals surface area contributed by atoms with Gasteiger partial charge in [0, 0.05) is 29.7 Å². The van der Waals surface area contributed by atoms with Gasteiger partial charge in [-0.15, -0.1) is 0 Å². The highest BCUT2D eigenvalue weighted by Crippen LogP contribution is 2.21. The second-order valence-corrected chi connectivity index (χ2v) is 5.33. The molecule has 3 nitrogen and oxygen atoms in total. The van der Waals surface area contributed by atoms with Gasteiger partial charge in [-0.1, -0.05) is 22.0 Å². The normalized spacial score (nSPS) is 19.4. The predicted octanol–water partition coefficient (Wildman–Crippen LogP) is 2.19. The highest BCUT2D eigenvalue weighted by molar-refractivity contribution is 9.10. The van der Waals surface area contributed by atoms with Crippen LogP contribution in [0.1, 0.15) is 22.3 Å². The van der Waals surface area contributed by atoms with E-state index in [0.29, 0.717) is 6.04 Å². The first-order valence-electron chi connectivity index (χ1n) is 5.84. The lowest BCUT2D eigenvalue weighted by Crippen LogP contribution is -2.38. The molecule has 2 rings (SSSR count). The summed E-state index contributed by atoms with van der Waals surface area (Å²) < 4.78 is 0.987. The molecule has 92 valence electrons. The van der Waals surface area contributed by atoms with Crippen LogP contribution < -0.4 is 5.32 Å². The van der Waals surface area contributed by atoms with Crippen molar-refractivity contribution in [3.8, 4) is 0 Å². The van der Waals surface area contributed by atoms with Crippen LogP contribution in [0.2, 0.25) is 0 Å². The Hall–Kier alpha value is -0.870. The smallest absolute Gasteiger partial charge is 0.254 e. The first kappa shape index (κ1) is 12.6. The summed E-state index contributed by atoms with van der Waals surface area (Å²) in [6.07, 6.45) is 1.04. The minimum Gasteiger partial charge on any atom is -0.337 e. The molecule has 1 atom stereocenters. The van der Waals surface area contributed by atoms with E-state index in [1.165, 1.54) is 0 Å². The molecule has 1 aromatic rings. The fourth-order valence-corrected chi connectivity index (χ4v) is 2.53. The average Bonchev–Trinajstić information content (AvgIpc) is 2.84. The Bertz CT molecular complexity index is 427. The van der Waals surface area contributed by atoms with Gasteiger partial charge in [-0.25, -0.2) is 0 Å². The molecule has 1 aliphatic heterocycles. The SMILES string of the molecule is Cc1c(Br)cccc1C(=O)N(C)C1CCNC1. The fraction of sp³-hybridized carbons (Fsp3) is 0.462. The number of hydrogen-bond acceptors (Lipinski definition) is 2. The number of nitrogens with zero attached hydrogens (tertiary/aromatic N) is 1. The third kappa shape index (κ3) is 2.53. The minimum absolute atomic E-state index is 0.109. The van der Waals surface area contributed by atoms with Crippen LogP contribution in [0.15, 0.2) is 22.7 Å². The van der Waals surface area contributed by atoms with Crippen LogP contribution in [0.5, 0.6) is 0 Å². The number of amides is 1. The Balaban J connectivity index is 2.21. The van der Waals surface area contributed by atoms with Gasteiger partial charge in [-0.3, -0.25) is 4.79 Å². The molecular formula is C13H17BrN2O. The van der Waals surface area contributed by atoms with Crippen molar-refractivity contribution in [2.75, 3.05) is 20.1 Å². The van der Waals surface area contributed by atoms with Crippen molar-refractivity contribution in [2.24, 2.45) is 0 Å². The summed E-state index contributed by atoms with van der Waals surface area (Å²) in [5.41, 5.74) is 1.80. The van der Waals surface area contributed by atoms with Crippen molar-refractivity contribution >= 4 is 21.8 Å². The molecule has 1 aliphatic rings. The predicted molar refractivity (Wildman–Crippen MR) is 72.2 cm³/mol. The van der Waals surface area contributed by atoms with Gasteiger partial charge in [0.2, 0.25) is 0 Å². The van der Waals surface area contributed by atoms with Crippen LogP contribution in [-0.4, -0.2) is 37.0 Å². The highest BCUT2D eigenvalue weighted by Gasteiger charge is 2.24. The Labute approximate surface area is 110 Å². The molecule has 4 heteroatoms. The number of rotatable bonds is 2. The number of likely N-dealkylation sites (N-methyl/N-ethyl adjacent to an activating group) is 1. The zero-order chi connectivity index (χ0) is 12.4. The summed E-state index contributed by atoms with van der Waals surface area (Å²) in [6, 6.07) is 6.08. The van der Waals surface area contributed by atoms with Gasteiger partial charge in [0.15, 0.2) is 0 Å². The van der Waals surface area contributed by atoms with E-state index in [4.69, 9.17) is 0 Å². The molecule has 1 fully saturated rings. The first-order chi connectivity index (χ1) is 8.11. The van der Waals surface area contributed by atoms with Gasteiger partial charge in [-0.2, -0.15) is 0 Å². The van der Waals surface area contributed by atoms with E-state index in [1.54, 1.807) is 0 Å². The van der Waals surface area contributed by atoms with Crippen LogP contribution in [0.4, 0.5) is 0 Å². The van der Waals surface area contributed by atoms with E-state index in [1.807, 2.05) is 37.1 Å². The molecule has 0 aliphatic carbocycles. The van der Waals surface area contributed by atoms with Gasteiger partial charge in [0.05, 0.1) is 0 Å². The lowest BCUT2D eigenvalue weighted by molar-refractivity contribution is 0.0743. The molecule has 0 radical (unpaired) electrons. The number of carbonyl (C=O) groups is 1. The summed E-state index contributed by atoms with van der Waals surface area (Å²) in [7, 11) is 1.89. The van der Waals surface area contributed by atoms with Crippen LogP contribution in [-0.2, 0) is 0 Å². The highest BCUT2D eigenvalue weighted by atomic mass is 79.9. The number of halogens is 1. The zero-order valence-corrected chi connectivity index (χ0v) is 11.8. The molecule has 1 amide bonds. The second-order valence-electron chi connectivity index (χ2n) is 4.48. The molecule has 1 heterocycles. The monoisotopic (exact) mass is 296 g/mol. The maximum absolute atomic E-state index is 12.4. The topological polar surface area (TPSA) is 32.3 Å². The van der Waals surface area contributed by atoms with Gasteiger partial charge in [0.1, 0.15) is 0 Å². The fourth-order valence-electron chi connectivity index (χ4n) is 2.16. The third-order valence-corrected chi connectivity index (χ3v) is 4.26. The van der Waals surface area contributed by atoms with Gasteiger partial charge < -0.3 is 10.2 Å². The van der Waals surface area contributed by atoms with Crippen molar-refractivity contribution < 1.29 is 4.79 Å². The van der Waals surface area contributed by atoms with Crippen molar-refractivity contribution in [3.05, 3.63) is 33.8 Å². The molecule has 1 aromatic carbocycles. The molecule has 1 saturated heterocycles. The average molecular weight is 297 g/mol. The maximum atomic E-state index is 12.4. The molecule has 1 unspecified atom stereocenters. The van der Waals surface area contributed by atoms with Crippen LogP contribution in [0.3, 0.4) is 0 Å². The van der Waals surface area contributed by atoms with Crippen molar-refractivity contribution in [3.63, 3.8) is 0 Å². The van der Waals surface area contributed by atoms with E-state index in [-0.39, 0.29) is 5.91 Å². The Morgan fingerprint density at radius 1 is 1.53 bits per heavy atom. The summed E-state index contributed by atoms with van der Waals surface area (Å²) >= 11 is 3.46. The Morgan fingerprint density at radius 2 is 2.29 bits per heavy atom. The summed E-state index contributed by atoms with van der Waals surface area (Å²) in [5.74, 6) is 0.109. The quantitative estimate of drug-likeness (QED) is 0.907.